The quantitative estimate of drug-likeness (QED) is 0.564. The van der Waals surface area contributed by atoms with Gasteiger partial charge < -0.3 is 5.32 Å². The van der Waals surface area contributed by atoms with E-state index in [2.05, 4.69) is 16.4 Å². The number of aromatic nitrogens is 1. The van der Waals surface area contributed by atoms with E-state index in [0.717, 1.165) is 22.8 Å². The second-order valence-corrected chi connectivity index (χ2v) is 11.5. The smallest absolute Gasteiger partial charge is 0.233 e. The van der Waals surface area contributed by atoms with Crippen LogP contribution in [0.1, 0.15) is 36.3 Å². The van der Waals surface area contributed by atoms with E-state index in [4.69, 9.17) is 11.6 Å². The minimum atomic E-state index is -3.76. The van der Waals surface area contributed by atoms with Crippen molar-refractivity contribution in [3.8, 4) is 6.07 Å². The second kappa shape index (κ2) is 8.66. The molecule has 7 nitrogen and oxygen atoms in total. The van der Waals surface area contributed by atoms with E-state index in [9.17, 15) is 18.5 Å². The fourth-order valence-electron chi connectivity index (χ4n) is 4.80. The number of anilines is 1. The van der Waals surface area contributed by atoms with E-state index in [0.29, 0.717) is 29.1 Å². The molecule has 1 atom stereocenters. The Morgan fingerprint density at radius 1 is 1.24 bits per heavy atom. The summed E-state index contributed by atoms with van der Waals surface area (Å²) in [5.74, 6) is -1.31. The van der Waals surface area contributed by atoms with Gasteiger partial charge in [0.1, 0.15) is 0 Å². The molecule has 0 bridgehead atoms. The lowest BCUT2D eigenvalue weighted by Gasteiger charge is -2.38. The molecule has 1 aliphatic heterocycles. The lowest BCUT2D eigenvalue weighted by molar-refractivity contribution is -0.118. The highest BCUT2D eigenvalue weighted by atomic mass is 35.5. The van der Waals surface area contributed by atoms with E-state index in [1.165, 1.54) is 4.31 Å². The molecule has 0 spiro atoms. The van der Waals surface area contributed by atoms with Crippen LogP contribution in [0.25, 0.3) is 10.8 Å². The molecule has 1 fully saturated rings. The minimum absolute atomic E-state index is 0.0127. The van der Waals surface area contributed by atoms with Crippen LogP contribution in [0.3, 0.4) is 0 Å². The average molecular weight is 495 g/mol. The van der Waals surface area contributed by atoms with Gasteiger partial charge in [0.15, 0.2) is 0 Å². The molecule has 2 aliphatic rings. The number of rotatable bonds is 5. The molecule has 0 unspecified atom stereocenters. The zero-order valence-electron chi connectivity index (χ0n) is 18.4. The SMILES string of the molecule is N#CC1(CS(=O)(=O)N2Cc3ccc(Cl)cc3[C@H](C(=O)Nc3cncc4ccccc34)C2)CCC1. The summed E-state index contributed by atoms with van der Waals surface area (Å²) in [6, 6.07) is 15.0. The maximum atomic E-state index is 13.5. The van der Waals surface area contributed by atoms with Gasteiger partial charge in [0.25, 0.3) is 0 Å². The van der Waals surface area contributed by atoms with Crippen LogP contribution in [0.2, 0.25) is 5.02 Å². The van der Waals surface area contributed by atoms with Gasteiger partial charge in [-0.05, 0) is 36.1 Å². The third-order valence-corrected chi connectivity index (χ3v) is 9.08. The van der Waals surface area contributed by atoms with Crippen LogP contribution < -0.4 is 5.32 Å². The summed E-state index contributed by atoms with van der Waals surface area (Å²) in [6.07, 6.45) is 5.33. The third-order valence-electron chi connectivity index (χ3n) is 6.86. The Kier molecular flexibility index (Phi) is 5.80. The molecule has 0 saturated heterocycles. The van der Waals surface area contributed by atoms with Crippen molar-refractivity contribution in [2.75, 3.05) is 17.6 Å². The van der Waals surface area contributed by atoms with E-state index < -0.39 is 21.4 Å². The summed E-state index contributed by atoms with van der Waals surface area (Å²) >= 11 is 6.23. The lowest BCUT2D eigenvalue weighted by atomic mass is 9.72. The van der Waals surface area contributed by atoms with Crippen LogP contribution in [0, 0.1) is 16.7 Å². The number of nitriles is 1. The number of carbonyl (C=O) groups excluding carboxylic acids is 1. The van der Waals surface area contributed by atoms with Crippen molar-refractivity contribution in [2.24, 2.45) is 5.41 Å². The molecule has 34 heavy (non-hydrogen) atoms. The molecular weight excluding hydrogens is 472 g/mol. The van der Waals surface area contributed by atoms with Gasteiger partial charge in [-0.2, -0.15) is 9.57 Å². The van der Waals surface area contributed by atoms with Gasteiger partial charge in [-0.1, -0.05) is 48.4 Å². The van der Waals surface area contributed by atoms with Crippen LogP contribution in [-0.2, 0) is 21.4 Å². The number of halogens is 1. The van der Waals surface area contributed by atoms with Crippen molar-refractivity contribution in [3.63, 3.8) is 0 Å². The Labute approximate surface area is 203 Å². The Morgan fingerprint density at radius 3 is 2.76 bits per heavy atom. The molecule has 1 saturated carbocycles. The van der Waals surface area contributed by atoms with Crippen molar-refractivity contribution < 1.29 is 13.2 Å². The monoisotopic (exact) mass is 494 g/mol. The Hall–Kier alpha value is -2.99. The molecule has 1 amide bonds. The third kappa shape index (κ3) is 4.16. The number of hydrogen-bond donors (Lipinski definition) is 1. The number of nitrogens with zero attached hydrogens (tertiary/aromatic N) is 3. The van der Waals surface area contributed by atoms with E-state index >= 15 is 0 Å². The highest BCUT2D eigenvalue weighted by molar-refractivity contribution is 7.89. The van der Waals surface area contributed by atoms with Crippen LogP contribution >= 0.6 is 11.6 Å². The first-order valence-corrected chi connectivity index (χ1v) is 13.1. The van der Waals surface area contributed by atoms with Crippen LogP contribution in [0.5, 0.6) is 0 Å². The topological polar surface area (TPSA) is 103 Å². The highest BCUT2D eigenvalue weighted by Gasteiger charge is 2.45. The van der Waals surface area contributed by atoms with Gasteiger partial charge in [-0.25, -0.2) is 8.42 Å². The van der Waals surface area contributed by atoms with Gasteiger partial charge in [-0.3, -0.25) is 9.78 Å². The van der Waals surface area contributed by atoms with E-state index in [1.807, 2.05) is 24.3 Å². The van der Waals surface area contributed by atoms with Crippen LogP contribution in [-0.4, -0.2) is 35.9 Å². The Bertz CT molecular complexity index is 1420. The fourth-order valence-corrected chi connectivity index (χ4v) is 6.92. The number of nitrogens with one attached hydrogen (secondary N) is 1. The second-order valence-electron chi connectivity index (χ2n) is 9.09. The van der Waals surface area contributed by atoms with Crippen LogP contribution in [0.15, 0.2) is 54.9 Å². The minimum Gasteiger partial charge on any atom is -0.324 e. The molecular formula is C25H23ClN4O3S. The molecule has 174 valence electrons. The van der Waals surface area contributed by atoms with Gasteiger partial charge >= 0.3 is 0 Å². The molecule has 2 aromatic carbocycles. The largest absolute Gasteiger partial charge is 0.324 e. The Balaban J connectivity index is 1.47. The lowest BCUT2D eigenvalue weighted by Crippen LogP contribution is -2.46. The number of fused-ring (bicyclic) bond motifs is 2. The van der Waals surface area contributed by atoms with Gasteiger partial charge in [0.05, 0.1) is 35.0 Å². The molecule has 1 aliphatic carbocycles. The molecule has 3 aromatic rings. The average Bonchev–Trinajstić information content (AvgIpc) is 2.81. The first-order chi connectivity index (χ1) is 16.3. The maximum Gasteiger partial charge on any atom is 0.233 e. The van der Waals surface area contributed by atoms with Crippen molar-refractivity contribution in [2.45, 2.75) is 31.7 Å². The predicted octanol–water partition coefficient (Wildman–Crippen LogP) is 4.45. The number of amides is 1. The summed E-state index contributed by atoms with van der Waals surface area (Å²) in [4.78, 5) is 17.7. The van der Waals surface area contributed by atoms with Gasteiger partial charge in [0, 0.05) is 35.1 Å². The normalized spacial score (nSPS) is 19.6. The molecule has 2 heterocycles. The highest BCUT2D eigenvalue weighted by Crippen LogP contribution is 2.43. The number of hydrogen-bond acceptors (Lipinski definition) is 5. The molecule has 0 radical (unpaired) electrons. The van der Waals surface area contributed by atoms with Crippen LogP contribution in [0.4, 0.5) is 5.69 Å². The van der Waals surface area contributed by atoms with Crippen molar-refractivity contribution in [3.05, 3.63) is 71.0 Å². The number of carbonyl (C=O) groups is 1. The summed E-state index contributed by atoms with van der Waals surface area (Å²) < 4.78 is 28.0. The molecule has 9 heteroatoms. The summed E-state index contributed by atoms with van der Waals surface area (Å²) in [7, 11) is -3.76. The van der Waals surface area contributed by atoms with E-state index in [1.54, 1.807) is 30.6 Å². The van der Waals surface area contributed by atoms with Crippen molar-refractivity contribution in [1.29, 1.82) is 5.26 Å². The summed E-state index contributed by atoms with van der Waals surface area (Å²) in [5.41, 5.74) is 1.17. The van der Waals surface area contributed by atoms with Crippen molar-refractivity contribution >= 4 is 44.0 Å². The predicted molar refractivity (Wildman–Crippen MR) is 131 cm³/mol. The summed E-state index contributed by atoms with van der Waals surface area (Å²) in [5, 5.41) is 14.7. The summed E-state index contributed by atoms with van der Waals surface area (Å²) in [6.45, 7) is 0.136. The number of benzene rings is 2. The zero-order valence-corrected chi connectivity index (χ0v) is 19.9. The molecule has 1 aromatic heterocycles. The van der Waals surface area contributed by atoms with Gasteiger partial charge in [0.2, 0.25) is 15.9 Å². The van der Waals surface area contributed by atoms with Gasteiger partial charge in [-0.15, -0.1) is 0 Å². The maximum absolute atomic E-state index is 13.5. The standard InChI is InChI=1S/C25H23ClN4O3S/c26-19-7-6-18-13-30(34(32,33)16-25(15-27)8-3-9-25)14-22(21(18)10-19)24(31)29-23-12-28-11-17-4-1-2-5-20(17)23/h1-2,4-7,10-12,22H,3,8-9,13-14,16H2,(H,29,31)/t22-/m1/s1. The fraction of sp³-hybridized carbons (Fsp3) is 0.320. The first kappa shape index (κ1) is 22.8. The van der Waals surface area contributed by atoms with Crippen molar-refractivity contribution in [1.82, 2.24) is 9.29 Å². The molecule has 5 rings (SSSR count). The zero-order chi connectivity index (χ0) is 23.9. The Morgan fingerprint density at radius 2 is 2.03 bits per heavy atom. The number of pyridine rings is 1. The van der Waals surface area contributed by atoms with E-state index in [-0.39, 0.29) is 24.7 Å². The first-order valence-electron chi connectivity index (χ1n) is 11.1. The number of sulfonamides is 1. The molecule has 1 N–H and O–H groups in total.